The van der Waals surface area contributed by atoms with Gasteiger partial charge in [-0.05, 0) is 19.8 Å². The van der Waals surface area contributed by atoms with E-state index in [1.54, 1.807) is 0 Å². The first-order valence-electron chi connectivity index (χ1n) is 4.31. The second-order valence-corrected chi connectivity index (χ2v) is 3.05. The summed E-state index contributed by atoms with van der Waals surface area (Å²) in [6.07, 6.45) is 7.94. The molecule has 0 heterocycles. The van der Waals surface area contributed by atoms with Crippen molar-refractivity contribution in [3.8, 4) is 0 Å². The first-order valence-corrected chi connectivity index (χ1v) is 4.31. The molecule has 0 aromatic rings. The third-order valence-corrected chi connectivity index (χ3v) is 1.58. The van der Waals surface area contributed by atoms with Gasteiger partial charge in [-0.15, -0.1) is 0 Å². The van der Waals surface area contributed by atoms with E-state index in [9.17, 15) is 0 Å². The summed E-state index contributed by atoms with van der Waals surface area (Å²) in [7, 11) is 0. The van der Waals surface area contributed by atoms with Crippen LogP contribution in [0.25, 0.3) is 0 Å². The fourth-order valence-electron chi connectivity index (χ4n) is 0.997. The van der Waals surface area contributed by atoms with Gasteiger partial charge in [0, 0.05) is 0 Å². The predicted molar refractivity (Wildman–Crippen MR) is 52.4 cm³/mol. The van der Waals surface area contributed by atoms with Crippen LogP contribution in [0.5, 0.6) is 0 Å². The van der Waals surface area contributed by atoms with Gasteiger partial charge in [0.2, 0.25) is 0 Å². The molecule has 0 unspecified atom stereocenters. The van der Waals surface area contributed by atoms with Crippen LogP contribution in [0.1, 0.15) is 40.0 Å². The Hall–Kier alpha value is 0.835. The number of halogens is 1. The molecular formula is C11H19ClLi2. The zero-order valence-electron chi connectivity index (χ0n) is 10.4. The smallest absolute Gasteiger partial charge is 1.00 e. The zero-order chi connectivity index (χ0) is 8.69. The second kappa shape index (κ2) is 16.3. The van der Waals surface area contributed by atoms with Gasteiger partial charge in [-0.2, -0.15) is 0 Å². The molecule has 0 radical (unpaired) electrons. The first kappa shape index (κ1) is 24.2. The van der Waals surface area contributed by atoms with E-state index in [1.807, 2.05) is 6.92 Å². The van der Waals surface area contributed by atoms with Gasteiger partial charge in [0.1, 0.15) is 0 Å². The molecule has 0 atom stereocenters. The van der Waals surface area contributed by atoms with E-state index in [-0.39, 0.29) is 50.1 Å². The average Bonchev–Trinajstić information content (AvgIpc) is 1.87. The maximum atomic E-state index is 3.82. The van der Waals surface area contributed by atoms with E-state index in [1.165, 1.54) is 17.6 Å². The predicted octanol–water partition coefficient (Wildman–Crippen LogP) is -5.08. The van der Waals surface area contributed by atoms with E-state index in [0.29, 0.717) is 0 Å². The van der Waals surface area contributed by atoms with Gasteiger partial charge in [0.05, 0.1) is 0 Å². The largest absolute Gasteiger partial charge is 1.00 e. The van der Waals surface area contributed by atoms with Crippen LogP contribution in [-0.4, -0.2) is 0 Å². The van der Waals surface area contributed by atoms with E-state index in [0.717, 1.165) is 12.8 Å². The molecule has 0 saturated heterocycles. The molecule has 0 aliphatic rings. The molecular weight excluding hydrogens is 181 g/mol. The van der Waals surface area contributed by atoms with Crippen molar-refractivity contribution in [1.29, 1.82) is 0 Å². The Morgan fingerprint density at radius 1 is 1.14 bits per heavy atom. The Labute approximate surface area is 120 Å². The Balaban J connectivity index is -0.000000167. The Kier molecular flexibility index (Phi) is 28.1. The number of allylic oxidation sites excluding steroid dienone is 4. The van der Waals surface area contributed by atoms with Crippen LogP contribution in [0, 0.1) is 6.92 Å². The summed E-state index contributed by atoms with van der Waals surface area (Å²) >= 11 is 0. The topological polar surface area (TPSA) is 0 Å². The maximum absolute atomic E-state index is 3.82. The van der Waals surface area contributed by atoms with Crippen molar-refractivity contribution < 1.29 is 50.1 Å². The summed E-state index contributed by atoms with van der Waals surface area (Å²) < 4.78 is 0. The molecule has 0 amide bonds. The minimum absolute atomic E-state index is 0. The van der Waals surface area contributed by atoms with Crippen molar-refractivity contribution in [3.05, 3.63) is 30.2 Å². The standard InChI is InChI=1S/C11H19.ClH.2Li/c1-5-7-11(4)9-6-8-10(2)3;;;/h7-8H,2,5-6,9H2,1,3-4H3;1H;;/q-1;;2*+1/p-1/b10-8?,11-7-;;;. The van der Waals surface area contributed by atoms with Gasteiger partial charge in [-0.25, -0.2) is 18.6 Å². The summed E-state index contributed by atoms with van der Waals surface area (Å²) in [5, 5.41) is 0. The Morgan fingerprint density at radius 2 is 1.64 bits per heavy atom. The van der Waals surface area contributed by atoms with E-state index < -0.39 is 0 Å². The molecule has 0 bridgehead atoms. The van der Waals surface area contributed by atoms with Crippen molar-refractivity contribution in [2.24, 2.45) is 0 Å². The van der Waals surface area contributed by atoms with Gasteiger partial charge in [0.15, 0.2) is 0 Å². The maximum Gasteiger partial charge on any atom is 1.00 e. The molecule has 0 saturated carbocycles. The van der Waals surface area contributed by atoms with Crippen LogP contribution in [0.4, 0.5) is 0 Å². The third-order valence-electron chi connectivity index (χ3n) is 1.58. The fraction of sp³-hybridized carbons (Fsp3) is 0.545. The van der Waals surface area contributed by atoms with Crippen molar-refractivity contribution in [2.75, 3.05) is 0 Å². The zero-order valence-corrected chi connectivity index (χ0v) is 11.1. The van der Waals surface area contributed by atoms with Gasteiger partial charge in [-0.3, -0.25) is 0 Å². The van der Waals surface area contributed by atoms with Crippen LogP contribution in [0.2, 0.25) is 0 Å². The number of rotatable bonds is 4. The Bertz CT molecular complexity index is 159. The molecule has 14 heavy (non-hydrogen) atoms. The van der Waals surface area contributed by atoms with Gasteiger partial charge >= 0.3 is 37.7 Å². The summed E-state index contributed by atoms with van der Waals surface area (Å²) in [5.41, 5.74) is 2.67. The van der Waals surface area contributed by atoms with Crippen LogP contribution >= 0.6 is 0 Å². The molecule has 0 aromatic heterocycles. The summed E-state index contributed by atoms with van der Waals surface area (Å²) in [4.78, 5) is 0. The molecule has 3 heteroatoms. The SMILES string of the molecule is [CH2-]C(C)=CCC/C(C)=C\CC.[Cl-].[Li+].[Li+]. The van der Waals surface area contributed by atoms with Crippen molar-refractivity contribution in [1.82, 2.24) is 0 Å². The number of hydrogen-bond donors (Lipinski definition) is 0. The molecule has 0 rings (SSSR count). The van der Waals surface area contributed by atoms with Crippen molar-refractivity contribution >= 4 is 0 Å². The van der Waals surface area contributed by atoms with Crippen LogP contribution in [0.15, 0.2) is 23.3 Å². The number of hydrogen-bond acceptors (Lipinski definition) is 0. The summed E-state index contributed by atoms with van der Waals surface area (Å²) in [6, 6.07) is 0. The van der Waals surface area contributed by atoms with Crippen LogP contribution in [-0.2, 0) is 0 Å². The molecule has 0 nitrogen and oxygen atoms in total. The van der Waals surface area contributed by atoms with E-state index >= 15 is 0 Å². The van der Waals surface area contributed by atoms with Crippen LogP contribution < -0.4 is 50.1 Å². The normalized spacial score (nSPS) is 10.8. The minimum Gasteiger partial charge on any atom is -1.00 e. The quantitative estimate of drug-likeness (QED) is 0.242. The van der Waals surface area contributed by atoms with Crippen molar-refractivity contribution in [2.45, 2.75) is 40.0 Å². The van der Waals surface area contributed by atoms with Gasteiger partial charge < -0.3 is 12.4 Å². The molecule has 0 spiro atoms. The minimum atomic E-state index is 0. The molecule has 0 fully saturated rings. The fourth-order valence-corrected chi connectivity index (χ4v) is 0.997. The molecule has 0 N–H and O–H groups in total. The van der Waals surface area contributed by atoms with Crippen LogP contribution in [0.3, 0.4) is 0 Å². The van der Waals surface area contributed by atoms with Gasteiger partial charge in [0.25, 0.3) is 0 Å². The Morgan fingerprint density at radius 3 is 2.00 bits per heavy atom. The monoisotopic (exact) mass is 200 g/mol. The average molecular weight is 201 g/mol. The summed E-state index contributed by atoms with van der Waals surface area (Å²) in [5.74, 6) is 0. The van der Waals surface area contributed by atoms with Crippen molar-refractivity contribution in [3.63, 3.8) is 0 Å². The molecule has 0 aliphatic carbocycles. The summed E-state index contributed by atoms with van der Waals surface area (Å²) in [6.45, 7) is 10.2. The molecule has 72 valence electrons. The molecule has 0 aromatic carbocycles. The van der Waals surface area contributed by atoms with Gasteiger partial charge in [-0.1, -0.05) is 31.9 Å². The molecule has 0 aliphatic heterocycles. The third kappa shape index (κ3) is 18.6. The first-order chi connectivity index (χ1) is 5.16. The van der Waals surface area contributed by atoms with E-state index in [4.69, 9.17) is 0 Å². The second-order valence-electron chi connectivity index (χ2n) is 3.05. The van der Waals surface area contributed by atoms with E-state index in [2.05, 4.69) is 32.9 Å².